The third-order valence-corrected chi connectivity index (χ3v) is 7.33. The Kier molecular flexibility index (Phi) is 5.39. The van der Waals surface area contributed by atoms with Gasteiger partial charge in [0.25, 0.3) is 0 Å². The number of rotatable bonds is 6. The number of benzene rings is 3. The summed E-state index contributed by atoms with van der Waals surface area (Å²) in [5.41, 5.74) is -2.64. The van der Waals surface area contributed by atoms with Crippen molar-refractivity contribution < 1.29 is 9.05 Å². The van der Waals surface area contributed by atoms with Crippen LogP contribution in [0, 0.1) is 0 Å². The predicted molar refractivity (Wildman–Crippen MR) is 101 cm³/mol. The van der Waals surface area contributed by atoms with E-state index in [1.165, 1.54) is 11.4 Å². The van der Waals surface area contributed by atoms with Crippen molar-refractivity contribution in [3.8, 4) is 11.5 Å². The predicted octanol–water partition coefficient (Wildman–Crippen LogP) is 6.16. The first-order valence-corrected chi connectivity index (χ1v) is 11.1. The van der Waals surface area contributed by atoms with E-state index in [-0.39, 0.29) is 0 Å². The molecule has 0 heterocycles. The van der Waals surface area contributed by atoms with Crippen molar-refractivity contribution in [3.05, 3.63) is 91.0 Å². The second-order valence-corrected chi connectivity index (χ2v) is 10.7. The SMILES string of the molecule is S=P(Oc1ccccc1)(Oc1ccccc1)Sc1ccccc1. The van der Waals surface area contributed by atoms with Crippen LogP contribution in [0.3, 0.4) is 0 Å². The van der Waals surface area contributed by atoms with E-state index in [2.05, 4.69) is 0 Å². The summed E-state index contributed by atoms with van der Waals surface area (Å²) in [7, 11) is 0. The van der Waals surface area contributed by atoms with Crippen molar-refractivity contribution in [2.45, 2.75) is 4.90 Å². The fourth-order valence-electron chi connectivity index (χ4n) is 1.89. The Labute approximate surface area is 145 Å². The summed E-state index contributed by atoms with van der Waals surface area (Å²) < 4.78 is 12.2. The standard InChI is InChI=1S/C18H15O2PS2/c22-21(19-16-10-4-1-5-11-16,20-17-12-6-2-7-13-17)23-18-14-8-3-9-15-18/h1-15H. The van der Waals surface area contributed by atoms with Crippen LogP contribution in [-0.4, -0.2) is 0 Å². The lowest BCUT2D eigenvalue weighted by molar-refractivity contribution is 0.506. The van der Waals surface area contributed by atoms with Gasteiger partial charge in [-0.15, -0.1) is 0 Å². The minimum absolute atomic E-state index is 0.718. The van der Waals surface area contributed by atoms with E-state index in [0.29, 0.717) is 0 Å². The number of hydrogen-bond acceptors (Lipinski definition) is 4. The van der Waals surface area contributed by atoms with Crippen molar-refractivity contribution in [2.24, 2.45) is 0 Å². The maximum Gasteiger partial charge on any atom is 0.353 e. The average Bonchev–Trinajstić information content (AvgIpc) is 2.57. The van der Waals surface area contributed by atoms with E-state index in [9.17, 15) is 0 Å². The van der Waals surface area contributed by atoms with Gasteiger partial charge in [0.15, 0.2) is 0 Å². The van der Waals surface area contributed by atoms with Crippen LogP contribution in [0.25, 0.3) is 0 Å². The van der Waals surface area contributed by atoms with Gasteiger partial charge in [-0.2, -0.15) is 0 Å². The molecule has 0 unspecified atom stereocenters. The molecule has 0 fully saturated rings. The van der Waals surface area contributed by atoms with Gasteiger partial charge in [0.05, 0.1) is 0 Å². The summed E-state index contributed by atoms with van der Waals surface area (Å²) in [5.74, 6) is 1.44. The highest BCUT2D eigenvalue weighted by Crippen LogP contribution is 2.62. The molecule has 0 amide bonds. The summed E-state index contributed by atoms with van der Waals surface area (Å²) in [4.78, 5) is 1.03. The molecule has 3 aromatic rings. The van der Waals surface area contributed by atoms with Crippen molar-refractivity contribution >= 4 is 28.9 Å². The molecule has 0 saturated carbocycles. The van der Waals surface area contributed by atoms with Gasteiger partial charge in [0, 0.05) is 16.7 Å². The molecule has 0 aliphatic rings. The first-order chi connectivity index (χ1) is 11.2. The summed E-state index contributed by atoms with van der Waals surface area (Å²) >= 11 is 7.24. The minimum atomic E-state index is -2.64. The average molecular weight is 358 g/mol. The zero-order chi connectivity index (χ0) is 16.0. The van der Waals surface area contributed by atoms with E-state index >= 15 is 0 Å². The molecule has 0 bridgehead atoms. The monoisotopic (exact) mass is 358 g/mol. The molecule has 116 valence electrons. The fourth-order valence-corrected chi connectivity index (χ4v) is 6.47. The Morgan fingerprint density at radius 2 is 1.00 bits per heavy atom. The Morgan fingerprint density at radius 3 is 1.43 bits per heavy atom. The van der Waals surface area contributed by atoms with Gasteiger partial charge in [-0.1, -0.05) is 54.6 Å². The Bertz CT molecular complexity index is 672. The molecule has 0 aliphatic heterocycles. The van der Waals surface area contributed by atoms with Gasteiger partial charge < -0.3 is 9.05 Å². The summed E-state index contributed by atoms with van der Waals surface area (Å²) in [6.45, 7) is 0. The lowest BCUT2D eigenvalue weighted by Gasteiger charge is -2.22. The maximum absolute atomic E-state index is 6.08. The summed E-state index contributed by atoms with van der Waals surface area (Å²) in [6.07, 6.45) is 0. The normalized spacial score (nSPS) is 11.0. The molecule has 2 nitrogen and oxygen atoms in total. The lowest BCUT2D eigenvalue weighted by atomic mass is 10.3. The largest absolute Gasteiger partial charge is 0.428 e. The van der Waals surface area contributed by atoms with Gasteiger partial charge in [-0.25, -0.2) is 0 Å². The quantitative estimate of drug-likeness (QED) is 0.491. The molecule has 3 aromatic carbocycles. The van der Waals surface area contributed by atoms with Gasteiger partial charge in [0.1, 0.15) is 11.5 Å². The molecule has 0 aliphatic carbocycles. The van der Waals surface area contributed by atoms with Crippen LogP contribution < -0.4 is 9.05 Å². The smallest absolute Gasteiger partial charge is 0.353 e. The molecule has 0 N–H and O–H groups in total. The number of para-hydroxylation sites is 2. The zero-order valence-corrected chi connectivity index (χ0v) is 14.8. The van der Waals surface area contributed by atoms with Crippen LogP contribution in [0.4, 0.5) is 0 Å². The Balaban J connectivity index is 1.87. The van der Waals surface area contributed by atoms with Gasteiger partial charge in [-0.3, -0.25) is 0 Å². The molecular weight excluding hydrogens is 343 g/mol. The highest BCUT2D eigenvalue weighted by Gasteiger charge is 2.25. The second-order valence-electron chi connectivity index (χ2n) is 4.66. The molecule has 0 saturated heterocycles. The van der Waals surface area contributed by atoms with Crippen LogP contribution in [0.2, 0.25) is 0 Å². The van der Waals surface area contributed by atoms with Crippen LogP contribution in [0.5, 0.6) is 11.5 Å². The molecule has 0 radical (unpaired) electrons. The van der Waals surface area contributed by atoms with E-state index in [1.54, 1.807) is 0 Å². The van der Waals surface area contributed by atoms with Crippen LogP contribution >= 0.6 is 17.1 Å². The molecule has 0 spiro atoms. The van der Waals surface area contributed by atoms with Gasteiger partial charge in [0.2, 0.25) is 0 Å². The maximum atomic E-state index is 6.08. The Morgan fingerprint density at radius 1 is 0.609 bits per heavy atom. The van der Waals surface area contributed by atoms with Crippen LogP contribution in [0.15, 0.2) is 95.9 Å². The Hall–Kier alpha value is -1.74. The molecule has 3 rings (SSSR count). The molecule has 5 heteroatoms. The van der Waals surface area contributed by atoms with Crippen molar-refractivity contribution in [2.75, 3.05) is 0 Å². The van der Waals surface area contributed by atoms with Gasteiger partial charge >= 0.3 is 5.69 Å². The molecule has 0 aromatic heterocycles. The highest BCUT2D eigenvalue weighted by atomic mass is 32.9. The van der Waals surface area contributed by atoms with Crippen molar-refractivity contribution in [1.29, 1.82) is 0 Å². The van der Waals surface area contributed by atoms with E-state index in [4.69, 9.17) is 20.9 Å². The minimum Gasteiger partial charge on any atom is -0.428 e. The second kappa shape index (κ2) is 7.69. The van der Waals surface area contributed by atoms with Crippen molar-refractivity contribution in [1.82, 2.24) is 0 Å². The lowest BCUT2D eigenvalue weighted by Crippen LogP contribution is -1.97. The van der Waals surface area contributed by atoms with E-state index in [0.717, 1.165) is 16.4 Å². The summed E-state index contributed by atoms with van der Waals surface area (Å²) in [5, 5.41) is 0. The fraction of sp³-hybridized carbons (Fsp3) is 0. The van der Waals surface area contributed by atoms with Crippen LogP contribution in [0.1, 0.15) is 0 Å². The molecule has 23 heavy (non-hydrogen) atoms. The third kappa shape index (κ3) is 4.87. The van der Waals surface area contributed by atoms with Crippen molar-refractivity contribution in [3.63, 3.8) is 0 Å². The zero-order valence-electron chi connectivity index (χ0n) is 12.2. The molecular formula is C18H15O2PS2. The molecule has 0 atom stereocenters. The first-order valence-electron chi connectivity index (χ1n) is 7.07. The van der Waals surface area contributed by atoms with E-state index in [1.807, 2.05) is 91.0 Å². The van der Waals surface area contributed by atoms with Gasteiger partial charge in [-0.05, 0) is 47.8 Å². The third-order valence-electron chi connectivity index (χ3n) is 2.88. The van der Waals surface area contributed by atoms with E-state index < -0.39 is 5.69 Å². The van der Waals surface area contributed by atoms with Crippen LogP contribution in [-0.2, 0) is 11.8 Å². The first kappa shape index (κ1) is 16.1. The number of hydrogen-bond donors (Lipinski definition) is 0. The summed E-state index contributed by atoms with van der Waals surface area (Å²) in [6, 6.07) is 29.1. The topological polar surface area (TPSA) is 18.5 Å². The highest BCUT2D eigenvalue weighted by molar-refractivity contribution is 8.68.